The van der Waals surface area contributed by atoms with Crippen molar-refractivity contribution in [3.05, 3.63) is 35.4 Å². The third-order valence-electron chi connectivity index (χ3n) is 4.17. The molecule has 0 aromatic heterocycles. The first-order valence-corrected chi connectivity index (χ1v) is 8.03. The predicted octanol–water partition coefficient (Wildman–Crippen LogP) is 3.06. The Morgan fingerprint density at radius 3 is 2.29 bits per heavy atom. The molecule has 0 saturated carbocycles. The fourth-order valence-corrected chi connectivity index (χ4v) is 2.45. The fourth-order valence-electron chi connectivity index (χ4n) is 2.45. The molecule has 3 nitrogen and oxygen atoms in total. The van der Waals surface area contributed by atoms with Gasteiger partial charge in [-0.2, -0.15) is 0 Å². The van der Waals surface area contributed by atoms with Crippen LogP contribution in [0.25, 0.3) is 0 Å². The van der Waals surface area contributed by atoms with Gasteiger partial charge in [0.1, 0.15) is 0 Å². The van der Waals surface area contributed by atoms with E-state index in [2.05, 4.69) is 45.1 Å². The molecule has 2 atom stereocenters. The minimum Gasteiger partial charge on any atom is -0.396 e. The molecule has 1 aromatic rings. The average molecular weight is 293 g/mol. The molecule has 0 aliphatic heterocycles. The van der Waals surface area contributed by atoms with Crippen LogP contribution in [0.15, 0.2) is 24.3 Å². The molecule has 0 aliphatic carbocycles. The molecule has 0 aliphatic rings. The van der Waals surface area contributed by atoms with Gasteiger partial charge < -0.3 is 15.5 Å². The van der Waals surface area contributed by atoms with Gasteiger partial charge in [-0.05, 0) is 43.2 Å². The Morgan fingerprint density at radius 2 is 1.81 bits per heavy atom. The van der Waals surface area contributed by atoms with E-state index in [1.54, 1.807) is 0 Å². The second-order valence-electron chi connectivity index (χ2n) is 6.62. The number of aliphatic hydroxyl groups excluding tert-OH is 2. The van der Waals surface area contributed by atoms with Crippen LogP contribution in [0, 0.1) is 5.92 Å². The lowest BCUT2D eigenvalue weighted by atomic mass is 9.94. The van der Waals surface area contributed by atoms with E-state index in [0.717, 1.165) is 18.4 Å². The van der Waals surface area contributed by atoms with E-state index < -0.39 is 6.10 Å². The highest BCUT2D eigenvalue weighted by Gasteiger charge is 2.22. The smallest absolute Gasteiger partial charge is 0.0914 e. The normalized spacial score (nSPS) is 16.0. The Kier molecular flexibility index (Phi) is 7.36. The zero-order valence-corrected chi connectivity index (χ0v) is 13.9. The van der Waals surface area contributed by atoms with Crippen LogP contribution in [-0.4, -0.2) is 28.9 Å². The van der Waals surface area contributed by atoms with Crippen LogP contribution in [0.1, 0.15) is 57.8 Å². The van der Waals surface area contributed by atoms with Crippen molar-refractivity contribution in [3.63, 3.8) is 0 Å². The molecule has 0 fully saturated rings. The molecule has 3 heteroatoms. The maximum atomic E-state index is 10.3. The van der Waals surface area contributed by atoms with Crippen LogP contribution >= 0.6 is 0 Å². The zero-order valence-electron chi connectivity index (χ0n) is 13.9. The maximum Gasteiger partial charge on any atom is 0.0914 e. The lowest BCUT2D eigenvalue weighted by Gasteiger charge is -2.30. The molecule has 0 heterocycles. The number of nitrogens with one attached hydrogen (secondary N) is 1. The number of rotatable bonds is 9. The molecular weight excluding hydrogens is 262 g/mol. The standard InChI is InChI=1S/C18H31NO2/c1-5-18(4,10-11-20)19-13-17(21)16-8-6-15(7-9-16)12-14(2)3/h6-9,14,17,19-21H,5,10-13H2,1-4H3. The molecule has 0 spiro atoms. The molecule has 0 saturated heterocycles. The first-order valence-electron chi connectivity index (χ1n) is 8.03. The van der Waals surface area contributed by atoms with Gasteiger partial charge in [0.15, 0.2) is 0 Å². The van der Waals surface area contributed by atoms with E-state index in [0.29, 0.717) is 18.9 Å². The molecule has 0 bridgehead atoms. The summed E-state index contributed by atoms with van der Waals surface area (Å²) in [7, 11) is 0. The highest BCUT2D eigenvalue weighted by Crippen LogP contribution is 2.18. The van der Waals surface area contributed by atoms with Gasteiger partial charge in [0, 0.05) is 18.7 Å². The highest BCUT2D eigenvalue weighted by atomic mass is 16.3. The molecule has 120 valence electrons. The van der Waals surface area contributed by atoms with Crippen LogP contribution in [0.5, 0.6) is 0 Å². The summed E-state index contributed by atoms with van der Waals surface area (Å²) in [6, 6.07) is 8.23. The van der Waals surface area contributed by atoms with Crippen molar-refractivity contribution in [2.45, 2.75) is 58.6 Å². The third-order valence-corrected chi connectivity index (χ3v) is 4.17. The van der Waals surface area contributed by atoms with Crippen LogP contribution < -0.4 is 5.32 Å². The molecule has 0 radical (unpaired) electrons. The van der Waals surface area contributed by atoms with Gasteiger partial charge in [-0.3, -0.25) is 0 Å². The Balaban J connectivity index is 2.57. The second-order valence-corrected chi connectivity index (χ2v) is 6.62. The van der Waals surface area contributed by atoms with Crippen molar-refractivity contribution in [1.29, 1.82) is 0 Å². The van der Waals surface area contributed by atoms with E-state index in [9.17, 15) is 5.11 Å². The molecule has 3 N–H and O–H groups in total. The van der Waals surface area contributed by atoms with Crippen LogP contribution in [0.4, 0.5) is 0 Å². The summed E-state index contributed by atoms with van der Waals surface area (Å²) in [6.07, 6.45) is 2.18. The summed E-state index contributed by atoms with van der Waals surface area (Å²) in [5.74, 6) is 0.645. The highest BCUT2D eigenvalue weighted by molar-refractivity contribution is 5.24. The monoisotopic (exact) mass is 293 g/mol. The number of β-amino-alcohol motifs (C(OH)–C–C–N with tert-alkyl or cyclic N) is 1. The molecule has 2 unspecified atom stereocenters. The summed E-state index contributed by atoms with van der Waals surface area (Å²) >= 11 is 0. The minimum absolute atomic E-state index is 0.118. The first-order chi connectivity index (χ1) is 9.90. The molecule has 21 heavy (non-hydrogen) atoms. The van der Waals surface area contributed by atoms with Gasteiger partial charge in [-0.1, -0.05) is 45.0 Å². The molecular formula is C18H31NO2. The molecule has 1 rings (SSSR count). The number of hydrogen-bond acceptors (Lipinski definition) is 3. The van der Waals surface area contributed by atoms with Crippen LogP contribution in [-0.2, 0) is 6.42 Å². The molecule has 0 amide bonds. The fraction of sp³-hybridized carbons (Fsp3) is 0.667. The first kappa shape index (κ1) is 18.1. The quantitative estimate of drug-likeness (QED) is 0.656. The van der Waals surface area contributed by atoms with Gasteiger partial charge >= 0.3 is 0 Å². The second kappa shape index (κ2) is 8.52. The van der Waals surface area contributed by atoms with Crippen molar-refractivity contribution in [1.82, 2.24) is 5.32 Å². The van der Waals surface area contributed by atoms with Crippen LogP contribution in [0.3, 0.4) is 0 Å². The van der Waals surface area contributed by atoms with E-state index in [1.165, 1.54) is 5.56 Å². The summed E-state index contributed by atoms with van der Waals surface area (Å²) < 4.78 is 0. The van der Waals surface area contributed by atoms with Gasteiger partial charge in [0.25, 0.3) is 0 Å². The van der Waals surface area contributed by atoms with Crippen molar-refractivity contribution < 1.29 is 10.2 Å². The van der Waals surface area contributed by atoms with Gasteiger partial charge in [0.05, 0.1) is 6.10 Å². The topological polar surface area (TPSA) is 52.5 Å². The summed E-state index contributed by atoms with van der Waals surface area (Å²) in [5, 5.41) is 22.8. The van der Waals surface area contributed by atoms with Gasteiger partial charge in [-0.15, -0.1) is 0 Å². The average Bonchev–Trinajstić information content (AvgIpc) is 2.45. The van der Waals surface area contributed by atoms with E-state index in [-0.39, 0.29) is 12.1 Å². The van der Waals surface area contributed by atoms with Crippen molar-refractivity contribution in [2.24, 2.45) is 5.92 Å². The summed E-state index contributed by atoms with van der Waals surface area (Å²) in [4.78, 5) is 0. The molecule has 1 aromatic carbocycles. The van der Waals surface area contributed by atoms with E-state index in [1.807, 2.05) is 12.1 Å². The minimum atomic E-state index is -0.511. The summed E-state index contributed by atoms with van der Waals surface area (Å²) in [5.41, 5.74) is 2.14. The van der Waals surface area contributed by atoms with Gasteiger partial charge in [-0.25, -0.2) is 0 Å². The van der Waals surface area contributed by atoms with Crippen LogP contribution in [0.2, 0.25) is 0 Å². The third kappa shape index (κ3) is 6.16. The Bertz CT molecular complexity index is 402. The maximum absolute atomic E-state index is 10.3. The Morgan fingerprint density at radius 1 is 1.19 bits per heavy atom. The zero-order chi connectivity index (χ0) is 15.9. The Hall–Kier alpha value is -0.900. The van der Waals surface area contributed by atoms with Crippen molar-refractivity contribution >= 4 is 0 Å². The lowest BCUT2D eigenvalue weighted by molar-refractivity contribution is 0.145. The van der Waals surface area contributed by atoms with E-state index >= 15 is 0 Å². The van der Waals surface area contributed by atoms with Crippen molar-refractivity contribution in [2.75, 3.05) is 13.2 Å². The largest absolute Gasteiger partial charge is 0.396 e. The Labute approximate surface area is 129 Å². The predicted molar refractivity (Wildman–Crippen MR) is 88.3 cm³/mol. The number of hydrogen-bond donors (Lipinski definition) is 3. The van der Waals surface area contributed by atoms with Crippen molar-refractivity contribution in [3.8, 4) is 0 Å². The number of aliphatic hydroxyl groups is 2. The SMILES string of the molecule is CCC(C)(CCO)NCC(O)c1ccc(CC(C)C)cc1. The summed E-state index contributed by atoms with van der Waals surface area (Å²) in [6.45, 7) is 9.27. The lowest BCUT2D eigenvalue weighted by Crippen LogP contribution is -2.44. The van der Waals surface area contributed by atoms with E-state index in [4.69, 9.17) is 5.11 Å². The van der Waals surface area contributed by atoms with Gasteiger partial charge in [0.2, 0.25) is 0 Å². The number of benzene rings is 1.